The molecule has 0 amide bonds. The zero-order valence-corrected chi connectivity index (χ0v) is 33.8. The molecule has 8 aromatic rings. The van der Waals surface area contributed by atoms with Crippen LogP contribution in [0.1, 0.15) is 86.2 Å². The first-order valence-electron chi connectivity index (χ1n) is 22.4. The number of para-hydroxylation sites is 2. The van der Waals surface area contributed by atoms with Gasteiger partial charge >= 0.3 is 0 Å². The van der Waals surface area contributed by atoms with Crippen molar-refractivity contribution in [1.29, 1.82) is 0 Å². The lowest BCUT2D eigenvalue weighted by Gasteiger charge is -2.22. The van der Waals surface area contributed by atoms with Gasteiger partial charge in [-0.1, -0.05) is 146 Å². The molecule has 2 aromatic heterocycles. The maximum atomic E-state index is 11.4. The van der Waals surface area contributed by atoms with Gasteiger partial charge in [-0.2, -0.15) is 0 Å². The summed E-state index contributed by atoms with van der Waals surface area (Å²) in [4.78, 5) is 10.1. The first kappa shape index (κ1) is 30.9. The van der Waals surface area contributed by atoms with E-state index in [0.717, 1.165) is 50.1 Å². The number of hydrogen-bond donors (Lipinski definition) is 1. The van der Waals surface area contributed by atoms with Gasteiger partial charge in [0.05, 0.1) is 34.8 Å². The molecule has 284 valence electrons. The normalized spacial score (nSPS) is 13.8. The second-order valence-corrected chi connectivity index (χ2v) is 17.0. The van der Waals surface area contributed by atoms with Gasteiger partial charge in [0.25, 0.3) is 0 Å². The minimum absolute atomic E-state index is 0.0330. The van der Waals surface area contributed by atoms with Crippen LogP contribution in [-0.2, 0) is 10.8 Å². The van der Waals surface area contributed by atoms with Crippen molar-refractivity contribution in [2.24, 2.45) is 0 Å². The Labute approximate surface area is 346 Å². The molecular formula is C53H51N3O. The lowest BCUT2D eigenvalue weighted by atomic mass is 9.83. The molecule has 0 aliphatic heterocycles. The smallest absolute Gasteiger partial charge is 0.149 e. The van der Waals surface area contributed by atoms with Crippen LogP contribution in [0.25, 0.3) is 72.7 Å². The Hall–Kier alpha value is -6.26. The van der Waals surface area contributed by atoms with Crippen molar-refractivity contribution in [2.45, 2.75) is 72.1 Å². The van der Waals surface area contributed by atoms with Crippen LogP contribution in [0.4, 0.5) is 0 Å². The number of aromatic hydroxyl groups is 1. The van der Waals surface area contributed by atoms with E-state index < -0.39 is 11.9 Å². The van der Waals surface area contributed by atoms with E-state index in [4.69, 9.17) is 18.2 Å². The lowest BCUT2D eigenvalue weighted by Crippen LogP contribution is -2.11. The number of imidazole rings is 1. The quantitative estimate of drug-likeness (QED) is 0.176. The summed E-state index contributed by atoms with van der Waals surface area (Å²) < 4.78 is 53.1. The van der Waals surface area contributed by atoms with Crippen molar-refractivity contribution in [3.8, 4) is 67.5 Å². The highest BCUT2D eigenvalue weighted by Gasteiger charge is 2.24. The predicted molar refractivity (Wildman–Crippen MR) is 239 cm³/mol. The summed E-state index contributed by atoms with van der Waals surface area (Å²) in [5, 5.41) is 11.4. The number of pyridine rings is 1. The van der Waals surface area contributed by atoms with Crippen LogP contribution in [0.3, 0.4) is 0 Å². The summed E-state index contributed by atoms with van der Waals surface area (Å²) >= 11 is 0. The standard InChI is InChI=1S/C53H51N3O/c1-34(2)37-23-26-47(45(32-37)36-21-24-41(25-22-36)52(3,4)5)56-48-19-14-18-43(50(48)55-51(56)44-17-12-13-20-49(44)57)39-29-40(31-42(30-39)53(6,7)8)46-33-38(27-28-54-46)35-15-10-9-11-16-35/h9-34,57H,1-8H3/i9D,10D,11D,15D,16D,34D. The molecule has 1 N–H and O–H groups in total. The van der Waals surface area contributed by atoms with E-state index in [1.165, 1.54) is 5.56 Å². The van der Waals surface area contributed by atoms with E-state index in [9.17, 15) is 5.11 Å². The number of fused-ring (bicyclic) bond motifs is 1. The maximum Gasteiger partial charge on any atom is 0.149 e. The Balaban J connectivity index is 1.39. The zero-order chi connectivity index (χ0) is 45.3. The van der Waals surface area contributed by atoms with E-state index in [1.807, 2.05) is 50.2 Å². The Kier molecular flexibility index (Phi) is 7.95. The summed E-state index contributed by atoms with van der Waals surface area (Å²) in [6.45, 7) is 16.8. The van der Waals surface area contributed by atoms with Crippen molar-refractivity contribution < 1.29 is 13.3 Å². The van der Waals surface area contributed by atoms with Crippen LogP contribution < -0.4 is 0 Å². The molecule has 0 aliphatic carbocycles. The Bertz CT molecular complexity index is 3050. The van der Waals surface area contributed by atoms with Crippen molar-refractivity contribution in [1.82, 2.24) is 14.5 Å². The zero-order valence-electron chi connectivity index (χ0n) is 39.8. The molecule has 0 radical (unpaired) electrons. The largest absolute Gasteiger partial charge is 0.507 e. The molecule has 0 spiro atoms. The number of hydrogen-bond acceptors (Lipinski definition) is 3. The van der Waals surface area contributed by atoms with Gasteiger partial charge in [0.2, 0.25) is 0 Å². The van der Waals surface area contributed by atoms with Gasteiger partial charge in [-0.15, -0.1) is 0 Å². The summed E-state index contributed by atoms with van der Waals surface area (Å²) in [5.74, 6) is -0.207. The van der Waals surface area contributed by atoms with E-state index in [2.05, 4.69) is 101 Å². The highest BCUT2D eigenvalue weighted by Crippen LogP contribution is 2.42. The Morgan fingerprint density at radius 3 is 2.02 bits per heavy atom. The minimum atomic E-state index is -0.859. The van der Waals surface area contributed by atoms with Gasteiger partial charge in [0.15, 0.2) is 0 Å². The molecule has 6 aromatic carbocycles. The topological polar surface area (TPSA) is 50.9 Å². The molecule has 0 bridgehead atoms. The van der Waals surface area contributed by atoms with Crippen LogP contribution in [0.5, 0.6) is 5.75 Å². The summed E-state index contributed by atoms with van der Waals surface area (Å²) in [6.07, 6.45) is 1.61. The number of phenolic OH excluding ortho intramolecular Hbond substituents is 1. The van der Waals surface area contributed by atoms with Gasteiger partial charge in [0.1, 0.15) is 11.6 Å². The number of aromatic nitrogens is 3. The summed E-state index contributed by atoms with van der Waals surface area (Å²) in [5.41, 5.74) is 11.4. The molecular weight excluding hydrogens is 695 g/mol. The molecule has 0 fully saturated rings. The van der Waals surface area contributed by atoms with E-state index in [-0.39, 0.29) is 46.3 Å². The van der Waals surface area contributed by atoms with Gasteiger partial charge in [-0.3, -0.25) is 9.55 Å². The third-order valence-corrected chi connectivity index (χ3v) is 10.7. The van der Waals surface area contributed by atoms with Gasteiger partial charge in [-0.05, 0) is 110 Å². The molecule has 4 nitrogen and oxygen atoms in total. The first-order chi connectivity index (χ1) is 29.6. The van der Waals surface area contributed by atoms with Crippen LogP contribution in [0, 0.1) is 0 Å². The highest BCUT2D eigenvalue weighted by molar-refractivity contribution is 5.97. The monoisotopic (exact) mass is 751 g/mol. The molecule has 0 saturated heterocycles. The van der Waals surface area contributed by atoms with E-state index in [1.54, 1.807) is 30.5 Å². The molecule has 8 rings (SSSR count). The van der Waals surface area contributed by atoms with Crippen molar-refractivity contribution in [3.05, 3.63) is 168 Å². The fraction of sp³-hybridized carbons (Fsp3) is 0.208. The first-order valence-corrected chi connectivity index (χ1v) is 19.4. The maximum absolute atomic E-state index is 11.4. The van der Waals surface area contributed by atoms with Gasteiger partial charge in [-0.25, -0.2) is 4.98 Å². The molecule has 0 saturated carbocycles. The van der Waals surface area contributed by atoms with E-state index >= 15 is 0 Å². The van der Waals surface area contributed by atoms with Crippen LogP contribution in [-0.4, -0.2) is 19.6 Å². The van der Waals surface area contributed by atoms with Crippen molar-refractivity contribution in [2.75, 3.05) is 0 Å². The SMILES string of the molecule is [2H]c1c([2H])c([2H])c(-c2ccnc(-c3cc(-c4cccc5c4nc(-c4ccccc4O)n5-c4ccc(C([2H])(C)C)cc4-c4ccc(C(C)(C)C)cc4)cc(C(C)(C)C)c3)c2)c([2H])c1[2H]. The minimum Gasteiger partial charge on any atom is -0.507 e. The van der Waals surface area contributed by atoms with Crippen LogP contribution in [0.2, 0.25) is 0 Å². The summed E-state index contributed by atoms with van der Waals surface area (Å²) in [7, 11) is 0. The van der Waals surface area contributed by atoms with Gasteiger partial charge in [0, 0.05) is 24.3 Å². The van der Waals surface area contributed by atoms with Crippen LogP contribution in [0.15, 0.2) is 152 Å². The number of rotatable bonds is 7. The number of benzene rings is 6. The molecule has 57 heavy (non-hydrogen) atoms. The third kappa shape index (κ3) is 7.40. The predicted octanol–water partition coefficient (Wildman–Crippen LogP) is 14.2. The lowest BCUT2D eigenvalue weighted by molar-refractivity contribution is 0.477. The summed E-state index contributed by atoms with van der Waals surface area (Å²) in [6, 6.07) is 36.1. The molecule has 0 atom stereocenters. The molecule has 0 aliphatic rings. The average molecular weight is 752 g/mol. The number of nitrogens with zero attached hydrogens (tertiary/aromatic N) is 3. The Morgan fingerprint density at radius 2 is 1.32 bits per heavy atom. The molecule has 4 heteroatoms. The second-order valence-electron chi connectivity index (χ2n) is 17.0. The average Bonchev–Trinajstić information content (AvgIpc) is 3.63. The fourth-order valence-corrected chi connectivity index (χ4v) is 7.34. The fourth-order valence-electron chi connectivity index (χ4n) is 7.34. The van der Waals surface area contributed by atoms with Crippen molar-refractivity contribution in [3.63, 3.8) is 0 Å². The van der Waals surface area contributed by atoms with Gasteiger partial charge < -0.3 is 5.11 Å². The third-order valence-electron chi connectivity index (χ3n) is 10.7. The highest BCUT2D eigenvalue weighted by atomic mass is 16.3. The van der Waals surface area contributed by atoms with E-state index in [0.29, 0.717) is 28.2 Å². The molecule has 2 heterocycles. The molecule has 0 unspecified atom stereocenters. The van der Waals surface area contributed by atoms with Crippen LogP contribution >= 0.6 is 0 Å². The van der Waals surface area contributed by atoms with Crippen molar-refractivity contribution >= 4 is 11.0 Å². The number of phenols is 1. The second kappa shape index (κ2) is 14.7. The Morgan fingerprint density at radius 1 is 0.614 bits per heavy atom.